The molecular formula is C38H43N3O5S. The van der Waals surface area contributed by atoms with Crippen LogP contribution < -0.4 is 14.4 Å². The van der Waals surface area contributed by atoms with E-state index in [1.807, 2.05) is 68.4 Å². The van der Waals surface area contributed by atoms with Crippen LogP contribution in [0.4, 0.5) is 5.69 Å². The van der Waals surface area contributed by atoms with Gasteiger partial charge in [0.25, 0.3) is 10.0 Å². The second kappa shape index (κ2) is 15.3. The van der Waals surface area contributed by atoms with Gasteiger partial charge >= 0.3 is 0 Å². The van der Waals surface area contributed by atoms with E-state index in [4.69, 9.17) is 4.74 Å². The quantitative estimate of drug-likeness (QED) is 0.185. The molecule has 5 rings (SSSR count). The number of nitrogens with one attached hydrogen (secondary N) is 1. The van der Waals surface area contributed by atoms with Crippen LogP contribution in [0.1, 0.15) is 47.9 Å². The van der Waals surface area contributed by atoms with Gasteiger partial charge < -0.3 is 15.0 Å². The molecule has 1 saturated carbocycles. The minimum absolute atomic E-state index is 0.0484. The predicted octanol–water partition coefficient (Wildman–Crippen LogP) is 6.21. The van der Waals surface area contributed by atoms with Crippen molar-refractivity contribution in [3.63, 3.8) is 0 Å². The second-order valence-corrected chi connectivity index (χ2v) is 14.1. The van der Waals surface area contributed by atoms with Crippen molar-refractivity contribution in [3.8, 4) is 5.75 Å². The number of methoxy groups -OCH3 is 1. The van der Waals surface area contributed by atoms with Crippen molar-refractivity contribution in [2.75, 3.05) is 18.0 Å². The Kier molecular flexibility index (Phi) is 11.0. The van der Waals surface area contributed by atoms with Gasteiger partial charge in [0.2, 0.25) is 11.8 Å². The normalized spacial score (nSPS) is 13.9. The SMILES string of the molecule is COc1cccc(N(CC(=O)N(Cc2ccc(C)cc2)[C@@H](Cc2ccccc2)C(=O)NC2CCCC2)S(=O)(=O)c2ccc(C)cc2)c1. The summed E-state index contributed by atoms with van der Waals surface area (Å²) < 4.78 is 35.0. The highest BCUT2D eigenvalue weighted by Gasteiger charge is 2.35. The largest absolute Gasteiger partial charge is 0.497 e. The molecule has 4 aromatic rings. The molecule has 47 heavy (non-hydrogen) atoms. The first kappa shape index (κ1) is 33.7. The Bertz CT molecular complexity index is 1750. The van der Waals surface area contributed by atoms with Gasteiger partial charge in [-0.25, -0.2) is 8.42 Å². The third-order valence-electron chi connectivity index (χ3n) is 8.68. The average molecular weight is 654 g/mol. The first-order chi connectivity index (χ1) is 22.6. The van der Waals surface area contributed by atoms with E-state index in [0.717, 1.165) is 52.2 Å². The summed E-state index contributed by atoms with van der Waals surface area (Å²) in [5, 5.41) is 3.21. The van der Waals surface area contributed by atoms with Gasteiger partial charge in [0.15, 0.2) is 0 Å². The number of sulfonamides is 1. The Labute approximate surface area is 278 Å². The van der Waals surface area contributed by atoms with Crippen LogP contribution >= 0.6 is 0 Å². The summed E-state index contributed by atoms with van der Waals surface area (Å²) in [6.45, 7) is 3.48. The number of rotatable bonds is 13. The van der Waals surface area contributed by atoms with Crippen LogP contribution in [0.2, 0.25) is 0 Å². The van der Waals surface area contributed by atoms with Crippen LogP contribution in [0, 0.1) is 13.8 Å². The molecule has 1 N–H and O–H groups in total. The zero-order valence-electron chi connectivity index (χ0n) is 27.3. The van der Waals surface area contributed by atoms with Gasteiger partial charge in [-0.3, -0.25) is 13.9 Å². The number of hydrogen-bond donors (Lipinski definition) is 1. The standard InChI is InChI=1S/C38H43N3O5S/c1-28-16-20-31(21-17-28)26-40(36(24-30-10-5-4-6-11-30)38(43)39-32-12-7-8-13-32)37(42)27-41(33-14-9-15-34(25-33)46-3)47(44,45)35-22-18-29(2)19-23-35/h4-6,9-11,14-23,25,32,36H,7-8,12-13,24,26-27H2,1-3H3,(H,39,43)/t36-/m0/s1. The average Bonchev–Trinajstić information content (AvgIpc) is 3.59. The van der Waals surface area contributed by atoms with Gasteiger partial charge in [0, 0.05) is 25.1 Å². The van der Waals surface area contributed by atoms with Gasteiger partial charge in [0.05, 0.1) is 17.7 Å². The summed E-state index contributed by atoms with van der Waals surface area (Å²) in [6.07, 6.45) is 4.17. The lowest BCUT2D eigenvalue weighted by Crippen LogP contribution is -2.54. The monoisotopic (exact) mass is 653 g/mol. The predicted molar refractivity (Wildman–Crippen MR) is 185 cm³/mol. The molecule has 4 aromatic carbocycles. The number of carbonyl (C=O) groups excluding carboxylic acids is 2. The number of nitrogens with zero attached hydrogens (tertiary/aromatic N) is 2. The zero-order valence-corrected chi connectivity index (χ0v) is 28.1. The van der Waals surface area contributed by atoms with Crippen LogP contribution in [0.3, 0.4) is 0 Å². The zero-order chi connectivity index (χ0) is 33.4. The maximum Gasteiger partial charge on any atom is 0.264 e. The number of anilines is 1. The van der Waals surface area contributed by atoms with Crippen LogP contribution in [0.25, 0.3) is 0 Å². The molecule has 0 radical (unpaired) electrons. The summed E-state index contributed by atoms with van der Waals surface area (Å²) in [4.78, 5) is 30.4. The van der Waals surface area contributed by atoms with Gasteiger partial charge in [-0.15, -0.1) is 0 Å². The number of aryl methyl sites for hydroxylation is 2. The van der Waals surface area contributed by atoms with Crippen molar-refractivity contribution < 1.29 is 22.7 Å². The van der Waals surface area contributed by atoms with Crippen LogP contribution in [0.15, 0.2) is 108 Å². The van der Waals surface area contributed by atoms with Gasteiger partial charge in [0.1, 0.15) is 18.3 Å². The molecule has 0 aromatic heterocycles. The molecule has 0 heterocycles. The Hall–Kier alpha value is -4.63. The molecule has 1 aliphatic rings. The molecule has 246 valence electrons. The fourth-order valence-electron chi connectivity index (χ4n) is 5.94. The Morgan fingerprint density at radius 2 is 1.47 bits per heavy atom. The minimum Gasteiger partial charge on any atom is -0.497 e. The lowest BCUT2D eigenvalue weighted by Gasteiger charge is -2.34. The van der Waals surface area contributed by atoms with Crippen LogP contribution in [-0.4, -0.2) is 50.9 Å². The molecule has 1 aliphatic carbocycles. The summed E-state index contributed by atoms with van der Waals surface area (Å²) in [5.74, 6) is -0.282. The third kappa shape index (κ3) is 8.60. The first-order valence-electron chi connectivity index (χ1n) is 16.1. The van der Waals surface area contributed by atoms with E-state index in [9.17, 15) is 18.0 Å². The maximum atomic E-state index is 14.7. The minimum atomic E-state index is -4.20. The lowest BCUT2D eigenvalue weighted by atomic mass is 10.0. The van der Waals surface area contributed by atoms with Crippen molar-refractivity contribution >= 4 is 27.5 Å². The number of benzene rings is 4. The van der Waals surface area contributed by atoms with Crippen molar-refractivity contribution in [3.05, 3.63) is 125 Å². The van der Waals surface area contributed by atoms with Gasteiger partial charge in [-0.05, 0) is 62.1 Å². The Balaban J connectivity index is 1.57. The van der Waals surface area contributed by atoms with E-state index in [-0.39, 0.29) is 35.5 Å². The summed E-state index contributed by atoms with van der Waals surface area (Å²) in [6, 6.07) is 29.8. The molecule has 1 fully saturated rings. The number of hydrogen-bond acceptors (Lipinski definition) is 5. The fourth-order valence-corrected chi connectivity index (χ4v) is 7.35. The highest BCUT2D eigenvalue weighted by Crippen LogP contribution is 2.28. The van der Waals surface area contributed by atoms with E-state index in [0.29, 0.717) is 5.75 Å². The van der Waals surface area contributed by atoms with E-state index in [2.05, 4.69) is 5.32 Å². The van der Waals surface area contributed by atoms with Crippen LogP contribution in [-0.2, 0) is 32.6 Å². The van der Waals surface area contributed by atoms with E-state index in [1.54, 1.807) is 53.4 Å². The van der Waals surface area contributed by atoms with Crippen LogP contribution in [0.5, 0.6) is 5.75 Å². The summed E-state index contributed by atoms with van der Waals surface area (Å²) >= 11 is 0. The molecule has 0 spiro atoms. The molecule has 8 nitrogen and oxygen atoms in total. The number of amides is 2. The first-order valence-corrected chi connectivity index (χ1v) is 17.5. The molecule has 0 bridgehead atoms. The third-order valence-corrected chi connectivity index (χ3v) is 10.5. The topological polar surface area (TPSA) is 96.0 Å². The molecule has 0 unspecified atom stereocenters. The van der Waals surface area contributed by atoms with E-state index >= 15 is 0 Å². The summed E-state index contributed by atoms with van der Waals surface area (Å²) in [5.41, 5.74) is 4.00. The highest BCUT2D eigenvalue weighted by atomic mass is 32.2. The number of ether oxygens (including phenoxy) is 1. The van der Waals surface area contributed by atoms with Crippen molar-refractivity contribution in [2.45, 2.75) is 69.5 Å². The van der Waals surface area contributed by atoms with Crippen molar-refractivity contribution in [1.29, 1.82) is 0 Å². The molecular weight excluding hydrogens is 611 g/mol. The molecule has 0 aliphatic heterocycles. The Morgan fingerprint density at radius 3 is 2.11 bits per heavy atom. The highest BCUT2D eigenvalue weighted by molar-refractivity contribution is 7.92. The lowest BCUT2D eigenvalue weighted by molar-refractivity contribution is -0.140. The number of carbonyl (C=O) groups is 2. The van der Waals surface area contributed by atoms with E-state index in [1.165, 1.54) is 7.11 Å². The smallest absolute Gasteiger partial charge is 0.264 e. The molecule has 9 heteroatoms. The van der Waals surface area contributed by atoms with Gasteiger partial charge in [-0.2, -0.15) is 0 Å². The second-order valence-electron chi connectivity index (χ2n) is 12.2. The fraction of sp³-hybridized carbons (Fsp3) is 0.316. The molecule has 0 saturated heterocycles. The van der Waals surface area contributed by atoms with E-state index < -0.39 is 28.5 Å². The molecule has 1 atom stereocenters. The van der Waals surface area contributed by atoms with Crippen molar-refractivity contribution in [2.24, 2.45) is 0 Å². The summed E-state index contributed by atoms with van der Waals surface area (Å²) in [7, 11) is -2.69. The molecule has 2 amide bonds. The Morgan fingerprint density at radius 1 is 0.830 bits per heavy atom. The van der Waals surface area contributed by atoms with Gasteiger partial charge in [-0.1, -0.05) is 96.8 Å². The maximum absolute atomic E-state index is 14.7. The van der Waals surface area contributed by atoms with Crippen molar-refractivity contribution in [1.82, 2.24) is 10.2 Å².